The number of primary amides is 1. The molecule has 7 heteroatoms. The molecule has 1 amide bonds. The molecule has 0 fully saturated rings. The zero-order valence-corrected chi connectivity index (χ0v) is 14.1. The van der Waals surface area contributed by atoms with Gasteiger partial charge in [-0.25, -0.2) is 8.42 Å². The van der Waals surface area contributed by atoms with E-state index in [1.807, 2.05) is 6.92 Å². The summed E-state index contributed by atoms with van der Waals surface area (Å²) in [6.07, 6.45) is 0.161. The van der Waals surface area contributed by atoms with Gasteiger partial charge in [0.25, 0.3) is 0 Å². The third-order valence-electron chi connectivity index (χ3n) is 3.37. The Hall–Kier alpha value is -2.38. The zero-order valence-electron chi connectivity index (χ0n) is 13.3. The van der Waals surface area contributed by atoms with E-state index >= 15 is 0 Å². The van der Waals surface area contributed by atoms with E-state index in [0.717, 1.165) is 5.56 Å². The van der Waals surface area contributed by atoms with Gasteiger partial charge < -0.3 is 10.5 Å². The molecule has 1 atom stereocenters. The van der Waals surface area contributed by atoms with Crippen LogP contribution in [0.1, 0.15) is 12.5 Å². The third-order valence-corrected chi connectivity index (χ3v) is 4.86. The van der Waals surface area contributed by atoms with E-state index in [0.29, 0.717) is 12.4 Å². The highest BCUT2D eigenvalue weighted by Gasteiger charge is 2.24. The summed E-state index contributed by atoms with van der Waals surface area (Å²) in [6.45, 7) is 2.44. The molecule has 128 valence electrons. The fourth-order valence-corrected chi connectivity index (χ4v) is 3.41. The minimum atomic E-state index is -3.82. The molecule has 0 radical (unpaired) electrons. The fraction of sp³-hybridized carbons (Fsp3) is 0.235. The Morgan fingerprint density at radius 1 is 1.12 bits per heavy atom. The topological polar surface area (TPSA) is 98.5 Å². The Bertz CT molecular complexity index is 774. The number of benzene rings is 2. The van der Waals surface area contributed by atoms with Crippen molar-refractivity contribution in [3.8, 4) is 5.75 Å². The molecule has 0 bridgehead atoms. The predicted octanol–water partition coefficient (Wildman–Crippen LogP) is 1.46. The predicted molar refractivity (Wildman–Crippen MR) is 91.1 cm³/mol. The smallest absolute Gasteiger partial charge is 0.241 e. The van der Waals surface area contributed by atoms with Crippen molar-refractivity contribution in [3.05, 3.63) is 60.2 Å². The second kappa shape index (κ2) is 7.94. The summed E-state index contributed by atoms with van der Waals surface area (Å²) < 4.78 is 32.4. The number of amides is 1. The second-order valence-electron chi connectivity index (χ2n) is 5.17. The lowest BCUT2D eigenvalue weighted by molar-refractivity contribution is -0.119. The maximum atomic E-state index is 12.3. The number of carbonyl (C=O) groups excluding carboxylic acids is 1. The van der Waals surface area contributed by atoms with E-state index in [1.54, 1.807) is 42.5 Å². The van der Waals surface area contributed by atoms with Crippen LogP contribution in [0.25, 0.3) is 0 Å². The molecule has 0 saturated carbocycles. The van der Waals surface area contributed by atoms with Crippen LogP contribution >= 0.6 is 0 Å². The van der Waals surface area contributed by atoms with Gasteiger partial charge in [-0.1, -0.05) is 30.3 Å². The van der Waals surface area contributed by atoms with Gasteiger partial charge >= 0.3 is 0 Å². The van der Waals surface area contributed by atoms with Crippen LogP contribution in [-0.2, 0) is 21.2 Å². The molecule has 0 aliphatic carbocycles. The third kappa shape index (κ3) is 4.81. The van der Waals surface area contributed by atoms with Crippen molar-refractivity contribution in [3.63, 3.8) is 0 Å². The quantitative estimate of drug-likeness (QED) is 0.754. The van der Waals surface area contributed by atoms with Crippen molar-refractivity contribution in [2.24, 2.45) is 5.73 Å². The summed E-state index contributed by atoms with van der Waals surface area (Å²) in [5.41, 5.74) is 6.13. The molecule has 0 spiro atoms. The lowest BCUT2D eigenvalue weighted by Crippen LogP contribution is -2.45. The van der Waals surface area contributed by atoms with Gasteiger partial charge in [-0.2, -0.15) is 4.72 Å². The molecule has 3 N–H and O–H groups in total. The van der Waals surface area contributed by atoms with Crippen LogP contribution in [0, 0.1) is 0 Å². The van der Waals surface area contributed by atoms with Gasteiger partial charge in [0.1, 0.15) is 11.8 Å². The minimum Gasteiger partial charge on any atom is -0.494 e. The van der Waals surface area contributed by atoms with Gasteiger partial charge in [0.05, 0.1) is 11.5 Å². The largest absolute Gasteiger partial charge is 0.494 e. The summed E-state index contributed by atoms with van der Waals surface area (Å²) >= 11 is 0. The molecule has 2 rings (SSSR count). The van der Waals surface area contributed by atoms with Gasteiger partial charge in [0.2, 0.25) is 15.9 Å². The Balaban J connectivity index is 2.14. The molecule has 0 aliphatic rings. The van der Waals surface area contributed by atoms with Crippen molar-refractivity contribution in [1.82, 2.24) is 4.72 Å². The summed E-state index contributed by atoms with van der Waals surface area (Å²) in [5, 5.41) is 0. The van der Waals surface area contributed by atoms with Crippen LogP contribution in [0.3, 0.4) is 0 Å². The number of ether oxygens (including phenoxy) is 1. The molecular weight excluding hydrogens is 328 g/mol. The standard InChI is InChI=1S/C17H20N2O4S/c1-2-23-14-10-8-13(9-11-14)12-16(17(18)20)19-24(21,22)15-6-4-3-5-7-15/h3-11,16,19H,2,12H2,1H3,(H2,18,20). The lowest BCUT2D eigenvalue weighted by atomic mass is 10.1. The highest BCUT2D eigenvalue weighted by atomic mass is 32.2. The van der Waals surface area contributed by atoms with Crippen molar-refractivity contribution >= 4 is 15.9 Å². The Labute approximate surface area is 141 Å². The molecule has 0 heterocycles. The van der Waals surface area contributed by atoms with Gasteiger partial charge in [0, 0.05) is 0 Å². The SMILES string of the molecule is CCOc1ccc(CC(NS(=O)(=O)c2ccccc2)C(N)=O)cc1. The highest BCUT2D eigenvalue weighted by molar-refractivity contribution is 7.89. The van der Waals surface area contributed by atoms with E-state index in [1.165, 1.54) is 12.1 Å². The van der Waals surface area contributed by atoms with Crippen molar-refractivity contribution in [1.29, 1.82) is 0 Å². The number of nitrogens with one attached hydrogen (secondary N) is 1. The van der Waals surface area contributed by atoms with Gasteiger partial charge in [-0.15, -0.1) is 0 Å². The summed E-state index contributed by atoms with van der Waals surface area (Å²) in [6, 6.07) is 13.9. The number of rotatable bonds is 8. The normalized spacial score (nSPS) is 12.5. The van der Waals surface area contributed by atoms with Crippen LogP contribution < -0.4 is 15.2 Å². The minimum absolute atomic E-state index is 0.0861. The maximum Gasteiger partial charge on any atom is 0.241 e. The van der Waals surface area contributed by atoms with Crippen molar-refractivity contribution < 1.29 is 17.9 Å². The van der Waals surface area contributed by atoms with Crippen LogP contribution in [0.5, 0.6) is 5.75 Å². The first-order valence-electron chi connectivity index (χ1n) is 7.51. The monoisotopic (exact) mass is 348 g/mol. The first kappa shape index (κ1) is 18.0. The van der Waals surface area contributed by atoms with Gasteiger partial charge in [-0.3, -0.25) is 4.79 Å². The van der Waals surface area contributed by atoms with E-state index < -0.39 is 22.0 Å². The summed E-state index contributed by atoms with van der Waals surface area (Å²) in [5.74, 6) is -0.0230. The van der Waals surface area contributed by atoms with Crippen LogP contribution in [0.15, 0.2) is 59.5 Å². The number of hydrogen-bond acceptors (Lipinski definition) is 4. The highest BCUT2D eigenvalue weighted by Crippen LogP contribution is 2.15. The molecule has 24 heavy (non-hydrogen) atoms. The average Bonchev–Trinajstić information content (AvgIpc) is 2.57. The van der Waals surface area contributed by atoms with Crippen LogP contribution in [-0.4, -0.2) is 27.0 Å². The summed E-state index contributed by atoms with van der Waals surface area (Å²) in [4.78, 5) is 11.7. The van der Waals surface area contributed by atoms with Crippen molar-refractivity contribution in [2.75, 3.05) is 6.61 Å². The zero-order chi connectivity index (χ0) is 17.6. The molecular formula is C17H20N2O4S. The first-order valence-corrected chi connectivity index (χ1v) is 8.99. The maximum absolute atomic E-state index is 12.3. The number of carbonyl (C=O) groups is 1. The lowest BCUT2D eigenvalue weighted by Gasteiger charge is -2.16. The molecule has 2 aromatic rings. The average molecular weight is 348 g/mol. The Morgan fingerprint density at radius 2 is 1.75 bits per heavy atom. The van der Waals surface area contributed by atoms with E-state index in [9.17, 15) is 13.2 Å². The molecule has 0 aliphatic heterocycles. The van der Waals surface area contributed by atoms with Gasteiger partial charge in [0.15, 0.2) is 0 Å². The molecule has 0 saturated heterocycles. The first-order chi connectivity index (χ1) is 11.4. The van der Waals surface area contributed by atoms with E-state index in [2.05, 4.69) is 4.72 Å². The van der Waals surface area contributed by atoms with E-state index in [4.69, 9.17) is 10.5 Å². The van der Waals surface area contributed by atoms with Crippen LogP contribution in [0.2, 0.25) is 0 Å². The Kier molecular flexibility index (Phi) is 5.94. The van der Waals surface area contributed by atoms with E-state index in [-0.39, 0.29) is 11.3 Å². The number of sulfonamides is 1. The number of hydrogen-bond donors (Lipinski definition) is 2. The second-order valence-corrected chi connectivity index (χ2v) is 6.88. The molecule has 1 unspecified atom stereocenters. The Morgan fingerprint density at radius 3 is 2.29 bits per heavy atom. The molecule has 2 aromatic carbocycles. The molecule has 6 nitrogen and oxygen atoms in total. The molecule has 0 aromatic heterocycles. The van der Waals surface area contributed by atoms with Crippen molar-refractivity contribution in [2.45, 2.75) is 24.3 Å². The van der Waals surface area contributed by atoms with Crippen LogP contribution in [0.4, 0.5) is 0 Å². The number of nitrogens with two attached hydrogens (primary N) is 1. The van der Waals surface area contributed by atoms with Gasteiger partial charge in [-0.05, 0) is 43.2 Å². The summed E-state index contributed by atoms with van der Waals surface area (Å²) in [7, 11) is -3.82. The fourth-order valence-electron chi connectivity index (χ4n) is 2.18.